The molecule has 0 bridgehead atoms. The Morgan fingerprint density at radius 2 is 1.56 bits per heavy atom. The Balaban J connectivity index is 2.03. The van der Waals surface area contributed by atoms with Gasteiger partial charge < -0.3 is 20.3 Å². The zero-order valence-electron chi connectivity index (χ0n) is 17.6. The lowest BCUT2D eigenvalue weighted by atomic mass is 9.72. The van der Waals surface area contributed by atoms with Crippen LogP contribution in [0.3, 0.4) is 0 Å². The summed E-state index contributed by atoms with van der Waals surface area (Å²) in [6, 6.07) is 23.0. The first-order valence-corrected chi connectivity index (χ1v) is 11.7. The third-order valence-electron chi connectivity index (χ3n) is 5.98. The second kappa shape index (κ2) is 8.22. The van der Waals surface area contributed by atoms with Crippen molar-refractivity contribution in [3.63, 3.8) is 0 Å². The first kappa shape index (κ1) is 22.3. The third-order valence-corrected chi connectivity index (χ3v) is 7.81. The molecule has 0 fully saturated rings. The summed E-state index contributed by atoms with van der Waals surface area (Å²) in [6.07, 6.45) is 0.249. The number of ether oxygens (including phenoxy) is 2. The van der Waals surface area contributed by atoms with E-state index >= 15 is 0 Å². The molecule has 1 aliphatic rings. The maximum absolute atomic E-state index is 13.4. The molecule has 3 unspecified atom stereocenters. The molecule has 168 valence electrons. The van der Waals surface area contributed by atoms with Gasteiger partial charge in [0, 0.05) is 5.92 Å². The number of nitrogens with two attached hydrogens (primary N) is 2. The number of fused-ring (bicyclic) bond motifs is 1. The van der Waals surface area contributed by atoms with E-state index in [0.717, 1.165) is 5.56 Å². The monoisotopic (exact) mass is 454 g/mol. The van der Waals surface area contributed by atoms with E-state index in [-0.39, 0.29) is 13.2 Å². The maximum Gasteiger partial charge on any atom is 0.231 e. The van der Waals surface area contributed by atoms with Crippen molar-refractivity contribution >= 4 is 10.0 Å². The highest BCUT2D eigenvalue weighted by Crippen LogP contribution is 2.51. The van der Waals surface area contributed by atoms with Gasteiger partial charge in [-0.3, -0.25) is 0 Å². The van der Waals surface area contributed by atoms with E-state index in [0.29, 0.717) is 22.6 Å². The van der Waals surface area contributed by atoms with Crippen molar-refractivity contribution in [2.24, 2.45) is 10.9 Å². The van der Waals surface area contributed by atoms with Crippen molar-refractivity contribution in [1.82, 2.24) is 0 Å². The normalized spacial score (nSPS) is 17.9. The molecule has 0 saturated carbocycles. The SMILES string of the molecule is CC(N)(O)C(c1ccccc1)(C(Cc1ccccc1)c1ccc2c(c1)OCO2)S(N)(=O)=O. The van der Waals surface area contributed by atoms with Crippen LogP contribution in [0.5, 0.6) is 11.5 Å². The van der Waals surface area contributed by atoms with Crippen LogP contribution in [0.15, 0.2) is 78.9 Å². The number of sulfonamides is 1. The molecule has 0 saturated heterocycles. The second-order valence-corrected chi connectivity index (χ2v) is 9.88. The third kappa shape index (κ3) is 3.75. The summed E-state index contributed by atoms with van der Waals surface area (Å²) in [5.74, 6) is 0.207. The maximum atomic E-state index is 13.4. The first-order chi connectivity index (χ1) is 15.1. The number of hydrogen-bond acceptors (Lipinski definition) is 6. The Hall–Kier alpha value is -2.91. The van der Waals surface area contributed by atoms with Crippen LogP contribution >= 0.6 is 0 Å². The Labute approximate surface area is 187 Å². The van der Waals surface area contributed by atoms with Crippen molar-refractivity contribution < 1.29 is 23.0 Å². The molecular weight excluding hydrogens is 428 g/mol. The Morgan fingerprint density at radius 1 is 0.969 bits per heavy atom. The lowest BCUT2D eigenvalue weighted by Gasteiger charge is -2.47. The molecular formula is C24H26N2O5S. The van der Waals surface area contributed by atoms with Gasteiger partial charge in [0.15, 0.2) is 16.2 Å². The summed E-state index contributed by atoms with van der Waals surface area (Å²) in [4.78, 5) is 0. The fourth-order valence-corrected chi connectivity index (χ4v) is 6.32. The predicted molar refractivity (Wildman–Crippen MR) is 121 cm³/mol. The van der Waals surface area contributed by atoms with Crippen LogP contribution in [0.4, 0.5) is 0 Å². The van der Waals surface area contributed by atoms with Crippen LogP contribution in [-0.2, 0) is 21.2 Å². The molecule has 0 amide bonds. The van der Waals surface area contributed by atoms with E-state index in [4.69, 9.17) is 20.3 Å². The Morgan fingerprint density at radius 3 is 2.16 bits per heavy atom. The van der Waals surface area contributed by atoms with Gasteiger partial charge >= 0.3 is 0 Å². The molecule has 3 atom stereocenters. The van der Waals surface area contributed by atoms with Gasteiger partial charge in [-0.2, -0.15) is 0 Å². The lowest BCUT2D eigenvalue weighted by Crippen LogP contribution is -2.65. The molecule has 0 aliphatic carbocycles. The summed E-state index contributed by atoms with van der Waals surface area (Å²) in [6.45, 7) is 1.35. The molecule has 1 heterocycles. The average molecular weight is 455 g/mol. The standard InChI is InChI=1S/C24H26N2O5S/c1-23(25,27)24(32(26,28)29,19-10-6-3-7-11-19)20(14-17-8-4-2-5-9-17)18-12-13-21-22(15-18)31-16-30-21/h2-13,15,20,27H,14,16,25H2,1H3,(H2,26,28,29). The van der Waals surface area contributed by atoms with Crippen molar-refractivity contribution in [1.29, 1.82) is 0 Å². The van der Waals surface area contributed by atoms with Gasteiger partial charge in [-0.25, -0.2) is 13.6 Å². The summed E-state index contributed by atoms with van der Waals surface area (Å²) in [5.41, 5.74) is 5.82. The Bertz CT molecular complexity index is 1190. The van der Waals surface area contributed by atoms with Crippen molar-refractivity contribution in [3.8, 4) is 11.5 Å². The van der Waals surface area contributed by atoms with Gasteiger partial charge in [0.05, 0.1) is 0 Å². The molecule has 0 radical (unpaired) electrons. The minimum atomic E-state index is -4.47. The molecule has 8 heteroatoms. The van der Waals surface area contributed by atoms with Gasteiger partial charge in [-0.05, 0) is 42.2 Å². The predicted octanol–water partition coefficient (Wildman–Crippen LogP) is 2.59. The molecule has 4 rings (SSSR count). The smallest absolute Gasteiger partial charge is 0.231 e. The summed E-state index contributed by atoms with van der Waals surface area (Å²) in [7, 11) is -4.47. The summed E-state index contributed by atoms with van der Waals surface area (Å²) >= 11 is 0. The number of aliphatic hydroxyl groups is 1. The van der Waals surface area contributed by atoms with Gasteiger partial charge in [0.2, 0.25) is 16.8 Å². The highest BCUT2D eigenvalue weighted by atomic mass is 32.2. The van der Waals surface area contributed by atoms with Crippen LogP contribution in [0.2, 0.25) is 0 Å². The zero-order valence-corrected chi connectivity index (χ0v) is 18.5. The number of benzene rings is 3. The van der Waals surface area contributed by atoms with Gasteiger partial charge in [-0.15, -0.1) is 0 Å². The van der Waals surface area contributed by atoms with E-state index in [1.807, 2.05) is 30.3 Å². The van der Waals surface area contributed by atoms with Crippen LogP contribution < -0.4 is 20.3 Å². The fourth-order valence-electron chi connectivity index (χ4n) is 4.66. The van der Waals surface area contributed by atoms with E-state index in [9.17, 15) is 13.5 Å². The molecule has 1 aliphatic heterocycles. The van der Waals surface area contributed by atoms with Crippen molar-refractivity contribution in [3.05, 3.63) is 95.6 Å². The van der Waals surface area contributed by atoms with Crippen molar-refractivity contribution in [2.75, 3.05) is 6.79 Å². The Kier molecular flexibility index (Phi) is 5.72. The van der Waals surface area contributed by atoms with E-state index in [1.54, 1.807) is 48.5 Å². The van der Waals surface area contributed by atoms with Gasteiger partial charge in [0.25, 0.3) is 0 Å². The number of primary sulfonamides is 1. The average Bonchev–Trinajstić information content (AvgIpc) is 3.21. The number of rotatable bonds is 7. The minimum absolute atomic E-state index is 0.0791. The first-order valence-electron chi connectivity index (χ1n) is 10.2. The molecule has 32 heavy (non-hydrogen) atoms. The molecule has 5 N–H and O–H groups in total. The van der Waals surface area contributed by atoms with Crippen LogP contribution in [0, 0.1) is 0 Å². The lowest BCUT2D eigenvalue weighted by molar-refractivity contribution is 0.00618. The highest BCUT2D eigenvalue weighted by molar-refractivity contribution is 7.90. The summed E-state index contributed by atoms with van der Waals surface area (Å²) in [5, 5.41) is 17.2. The van der Waals surface area contributed by atoms with Crippen LogP contribution in [0.25, 0.3) is 0 Å². The molecule has 7 nitrogen and oxygen atoms in total. The van der Waals surface area contributed by atoms with Crippen molar-refractivity contribution in [2.45, 2.75) is 29.7 Å². The van der Waals surface area contributed by atoms with Gasteiger partial charge in [-0.1, -0.05) is 66.7 Å². The van der Waals surface area contributed by atoms with E-state index in [1.165, 1.54) is 6.92 Å². The largest absolute Gasteiger partial charge is 0.454 e. The van der Waals surface area contributed by atoms with E-state index < -0.39 is 26.4 Å². The quantitative estimate of drug-likeness (QED) is 0.471. The summed E-state index contributed by atoms with van der Waals surface area (Å²) < 4.78 is 35.7. The van der Waals surface area contributed by atoms with Crippen LogP contribution in [0.1, 0.15) is 29.5 Å². The molecule has 3 aromatic carbocycles. The number of hydrogen-bond donors (Lipinski definition) is 3. The zero-order chi connectivity index (χ0) is 23.0. The highest BCUT2D eigenvalue weighted by Gasteiger charge is 2.60. The minimum Gasteiger partial charge on any atom is -0.454 e. The van der Waals surface area contributed by atoms with E-state index in [2.05, 4.69) is 0 Å². The molecule has 0 spiro atoms. The van der Waals surface area contributed by atoms with Gasteiger partial charge in [0.1, 0.15) is 5.72 Å². The fraction of sp³-hybridized carbons (Fsp3) is 0.250. The molecule has 3 aromatic rings. The molecule has 0 aromatic heterocycles. The van der Waals surface area contributed by atoms with Crippen LogP contribution in [-0.4, -0.2) is 26.0 Å². The topological polar surface area (TPSA) is 125 Å². The second-order valence-electron chi connectivity index (χ2n) is 8.15.